The van der Waals surface area contributed by atoms with Gasteiger partial charge in [0.15, 0.2) is 10.8 Å². The third-order valence-electron chi connectivity index (χ3n) is 4.43. The number of aromatic nitrogens is 2. The zero-order chi connectivity index (χ0) is 15.0. The third-order valence-corrected chi connectivity index (χ3v) is 5.18. The quantitative estimate of drug-likeness (QED) is 0.936. The molecule has 1 aliphatic heterocycles. The number of anilines is 1. The summed E-state index contributed by atoms with van der Waals surface area (Å²) in [7, 11) is 4.39. The second-order valence-electron chi connectivity index (χ2n) is 6.26. The van der Waals surface area contributed by atoms with Crippen molar-refractivity contribution in [3.63, 3.8) is 0 Å². The van der Waals surface area contributed by atoms with Gasteiger partial charge in [-0.3, -0.25) is 4.40 Å². The van der Waals surface area contributed by atoms with E-state index in [0.29, 0.717) is 6.04 Å². The topological polar surface area (TPSA) is 49.8 Å². The molecule has 3 rings (SSSR count). The van der Waals surface area contributed by atoms with Crippen LogP contribution in [-0.2, 0) is 6.42 Å². The van der Waals surface area contributed by atoms with E-state index in [2.05, 4.69) is 46.8 Å². The van der Waals surface area contributed by atoms with E-state index in [0.717, 1.165) is 17.2 Å². The number of fused-ring (bicyclic) bond motifs is 1. The van der Waals surface area contributed by atoms with Gasteiger partial charge in [0.2, 0.25) is 0 Å². The second-order valence-corrected chi connectivity index (χ2v) is 7.14. The highest BCUT2D eigenvalue weighted by molar-refractivity contribution is 7.15. The van der Waals surface area contributed by atoms with Gasteiger partial charge in [-0.05, 0) is 39.9 Å². The molecule has 2 aromatic heterocycles. The second kappa shape index (κ2) is 5.94. The lowest BCUT2D eigenvalue weighted by atomic mass is 10.0. The molecule has 116 valence electrons. The number of likely N-dealkylation sites (tertiary alicyclic amines) is 1. The Morgan fingerprint density at radius 1 is 1.48 bits per heavy atom. The molecule has 1 aliphatic rings. The molecule has 0 spiro atoms. The van der Waals surface area contributed by atoms with Crippen molar-refractivity contribution in [1.29, 1.82) is 0 Å². The van der Waals surface area contributed by atoms with Gasteiger partial charge in [0.1, 0.15) is 0 Å². The predicted molar refractivity (Wildman–Crippen MR) is 89.3 cm³/mol. The molecular formula is C15H25N5S. The zero-order valence-electron chi connectivity index (χ0n) is 13.1. The van der Waals surface area contributed by atoms with Crippen LogP contribution in [0.2, 0.25) is 0 Å². The molecule has 0 radical (unpaired) electrons. The van der Waals surface area contributed by atoms with Crippen LogP contribution in [0.4, 0.5) is 5.82 Å². The minimum atomic E-state index is 0.148. The molecule has 3 heterocycles. The molecule has 0 amide bonds. The molecule has 1 saturated heterocycles. The zero-order valence-corrected chi connectivity index (χ0v) is 13.9. The van der Waals surface area contributed by atoms with E-state index in [1.54, 1.807) is 11.3 Å². The van der Waals surface area contributed by atoms with E-state index in [9.17, 15) is 0 Å². The van der Waals surface area contributed by atoms with Crippen LogP contribution in [0.1, 0.15) is 25.5 Å². The van der Waals surface area contributed by atoms with Gasteiger partial charge in [0, 0.05) is 37.1 Å². The van der Waals surface area contributed by atoms with Gasteiger partial charge in [-0.25, -0.2) is 4.98 Å². The standard InChI is InChI=1S/C15H25N5S/c1-11(16)10-13-14(17-15-20(13)8-9-21-15)19(3)12-4-6-18(2)7-5-12/h8-9,11-12H,4-7,10,16H2,1-3H3. The molecule has 2 N–H and O–H groups in total. The van der Waals surface area contributed by atoms with E-state index in [1.165, 1.54) is 31.6 Å². The van der Waals surface area contributed by atoms with Crippen LogP contribution in [0, 0.1) is 0 Å². The van der Waals surface area contributed by atoms with Gasteiger partial charge in [-0.2, -0.15) is 0 Å². The molecule has 5 nitrogen and oxygen atoms in total. The molecule has 0 aromatic carbocycles. The van der Waals surface area contributed by atoms with E-state index < -0.39 is 0 Å². The number of hydrogen-bond donors (Lipinski definition) is 1. The van der Waals surface area contributed by atoms with Crippen LogP contribution in [0.15, 0.2) is 11.6 Å². The Bertz CT molecular complexity index is 594. The first kappa shape index (κ1) is 14.8. The Hall–Kier alpha value is -1.11. The maximum absolute atomic E-state index is 6.05. The Morgan fingerprint density at radius 3 is 2.86 bits per heavy atom. The summed E-state index contributed by atoms with van der Waals surface area (Å²) >= 11 is 1.69. The fourth-order valence-corrected chi connectivity index (χ4v) is 3.88. The van der Waals surface area contributed by atoms with Gasteiger partial charge in [-0.1, -0.05) is 0 Å². The highest BCUT2D eigenvalue weighted by Gasteiger charge is 2.25. The molecule has 1 fully saturated rings. The Morgan fingerprint density at radius 2 is 2.19 bits per heavy atom. The van der Waals surface area contributed by atoms with Crippen molar-refractivity contribution in [3.05, 3.63) is 17.3 Å². The molecule has 6 heteroatoms. The van der Waals surface area contributed by atoms with Crippen LogP contribution < -0.4 is 10.6 Å². The Labute approximate surface area is 130 Å². The van der Waals surface area contributed by atoms with E-state index in [4.69, 9.17) is 10.7 Å². The van der Waals surface area contributed by atoms with Gasteiger partial charge in [0.05, 0.1) is 5.69 Å². The van der Waals surface area contributed by atoms with Crippen LogP contribution in [-0.4, -0.2) is 53.6 Å². The largest absolute Gasteiger partial charge is 0.355 e. The van der Waals surface area contributed by atoms with Gasteiger partial charge < -0.3 is 15.5 Å². The van der Waals surface area contributed by atoms with Gasteiger partial charge in [0.25, 0.3) is 0 Å². The lowest BCUT2D eigenvalue weighted by Crippen LogP contribution is -2.42. The monoisotopic (exact) mass is 307 g/mol. The lowest BCUT2D eigenvalue weighted by Gasteiger charge is -2.35. The fourth-order valence-electron chi connectivity index (χ4n) is 3.15. The van der Waals surface area contributed by atoms with Crippen molar-refractivity contribution >= 4 is 22.1 Å². The summed E-state index contributed by atoms with van der Waals surface area (Å²) in [6.45, 7) is 4.39. The molecule has 0 saturated carbocycles. The molecule has 1 unspecified atom stereocenters. The smallest absolute Gasteiger partial charge is 0.195 e. The highest BCUT2D eigenvalue weighted by atomic mass is 32.1. The van der Waals surface area contributed by atoms with Crippen LogP contribution in [0.25, 0.3) is 4.96 Å². The fraction of sp³-hybridized carbons (Fsp3) is 0.667. The summed E-state index contributed by atoms with van der Waals surface area (Å²) in [6, 6.07) is 0.729. The van der Waals surface area contributed by atoms with Crippen molar-refractivity contribution in [2.24, 2.45) is 5.73 Å². The summed E-state index contributed by atoms with van der Waals surface area (Å²) in [5.74, 6) is 1.12. The number of imidazole rings is 1. The van der Waals surface area contributed by atoms with Gasteiger partial charge in [-0.15, -0.1) is 11.3 Å². The van der Waals surface area contributed by atoms with Crippen LogP contribution in [0.3, 0.4) is 0 Å². The molecule has 1 atom stereocenters. The SMILES string of the molecule is CC(N)Cc1c(N(C)C2CCN(C)CC2)nc2sccn12. The van der Waals surface area contributed by atoms with Crippen molar-refractivity contribution in [2.75, 3.05) is 32.1 Å². The molecular weight excluding hydrogens is 282 g/mol. The summed E-state index contributed by atoms with van der Waals surface area (Å²) < 4.78 is 2.20. The number of thiazole rings is 1. The summed E-state index contributed by atoms with van der Waals surface area (Å²) in [5.41, 5.74) is 7.30. The average molecular weight is 307 g/mol. The molecule has 0 aliphatic carbocycles. The summed E-state index contributed by atoms with van der Waals surface area (Å²) in [4.78, 5) is 10.7. The third kappa shape index (κ3) is 2.93. The number of nitrogens with two attached hydrogens (primary N) is 1. The van der Waals surface area contributed by atoms with E-state index >= 15 is 0 Å². The number of hydrogen-bond acceptors (Lipinski definition) is 5. The average Bonchev–Trinajstić information content (AvgIpc) is 3.01. The summed E-state index contributed by atoms with van der Waals surface area (Å²) in [5, 5.41) is 2.09. The first-order valence-corrected chi connectivity index (χ1v) is 8.55. The molecule has 2 aromatic rings. The minimum Gasteiger partial charge on any atom is -0.355 e. The predicted octanol–water partition coefficient (Wildman–Crippen LogP) is 1.82. The maximum atomic E-state index is 6.05. The van der Waals surface area contributed by atoms with Crippen LogP contribution >= 0.6 is 11.3 Å². The maximum Gasteiger partial charge on any atom is 0.195 e. The molecule has 21 heavy (non-hydrogen) atoms. The Kier molecular flexibility index (Phi) is 4.19. The first-order chi connectivity index (χ1) is 10.1. The van der Waals surface area contributed by atoms with Crippen molar-refractivity contribution in [3.8, 4) is 0 Å². The molecule has 0 bridgehead atoms. The summed E-state index contributed by atoms with van der Waals surface area (Å²) in [6.07, 6.45) is 5.38. The Balaban J connectivity index is 1.89. The van der Waals surface area contributed by atoms with Crippen LogP contribution in [0.5, 0.6) is 0 Å². The van der Waals surface area contributed by atoms with Gasteiger partial charge >= 0.3 is 0 Å². The van der Waals surface area contributed by atoms with E-state index in [-0.39, 0.29) is 6.04 Å². The van der Waals surface area contributed by atoms with Crippen molar-refractivity contribution in [2.45, 2.75) is 38.3 Å². The number of nitrogens with zero attached hydrogens (tertiary/aromatic N) is 4. The highest BCUT2D eigenvalue weighted by Crippen LogP contribution is 2.28. The van der Waals surface area contributed by atoms with Crippen molar-refractivity contribution in [1.82, 2.24) is 14.3 Å². The lowest BCUT2D eigenvalue weighted by molar-refractivity contribution is 0.252. The van der Waals surface area contributed by atoms with Crippen molar-refractivity contribution < 1.29 is 0 Å². The first-order valence-electron chi connectivity index (χ1n) is 7.67. The normalized spacial score (nSPS) is 19.2. The minimum absolute atomic E-state index is 0.148. The van der Waals surface area contributed by atoms with E-state index in [1.807, 2.05) is 0 Å². The number of piperidine rings is 1. The number of rotatable bonds is 4.